The van der Waals surface area contributed by atoms with Crippen LogP contribution in [0.25, 0.3) is 6.08 Å². The summed E-state index contributed by atoms with van der Waals surface area (Å²) in [6.07, 6.45) is 3.91. The van der Waals surface area contributed by atoms with Crippen LogP contribution in [0.3, 0.4) is 0 Å². The Morgan fingerprint density at radius 1 is 1.36 bits per heavy atom. The molecule has 1 N–H and O–H groups in total. The first kappa shape index (κ1) is 22.1. The lowest BCUT2D eigenvalue weighted by atomic mass is 10.1. The minimum Gasteiger partial charge on any atom is -0.490 e. The van der Waals surface area contributed by atoms with Gasteiger partial charge in [-0.25, -0.2) is 0 Å². The summed E-state index contributed by atoms with van der Waals surface area (Å²) in [5.74, 6) is 0.116. The van der Waals surface area contributed by atoms with Gasteiger partial charge < -0.3 is 9.47 Å². The van der Waals surface area contributed by atoms with Gasteiger partial charge in [0.1, 0.15) is 5.57 Å². The SMILES string of the molecule is C=CCN1C(=O)/C(=C/c2cc(Br)c(O[C@H](C)CC)c(OCC)c2)C(=O)NC1=S. The van der Waals surface area contributed by atoms with Gasteiger partial charge in [-0.1, -0.05) is 13.0 Å². The molecule has 28 heavy (non-hydrogen) atoms. The van der Waals surface area contributed by atoms with E-state index < -0.39 is 11.8 Å². The minimum absolute atomic E-state index is 0.0129. The third-order valence-corrected chi connectivity index (χ3v) is 4.95. The predicted octanol–water partition coefficient (Wildman–Crippen LogP) is 3.84. The molecule has 0 bridgehead atoms. The van der Waals surface area contributed by atoms with Crippen LogP contribution in [0.2, 0.25) is 0 Å². The van der Waals surface area contributed by atoms with Crippen LogP contribution < -0.4 is 14.8 Å². The Morgan fingerprint density at radius 3 is 2.68 bits per heavy atom. The largest absolute Gasteiger partial charge is 0.490 e. The molecule has 1 aliphatic heterocycles. The maximum Gasteiger partial charge on any atom is 0.265 e. The summed E-state index contributed by atoms with van der Waals surface area (Å²) in [6, 6.07) is 3.52. The molecule has 1 fully saturated rings. The maximum atomic E-state index is 12.7. The first-order valence-electron chi connectivity index (χ1n) is 8.95. The number of carbonyl (C=O) groups is 2. The molecule has 0 unspecified atom stereocenters. The molecule has 0 saturated carbocycles. The molecular weight excluding hydrogens is 444 g/mol. The Hall–Kier alpha value is -2.19. The molecule has 2 rings (SSSR count). The van der Waals surface area contributed by atoms with Crippen LogP contribution in [0.4, 0.5) is 0 Å². The first-order valence-corrected chi connectivity index (χ1v) is 10.1. The van der Waals surface area contributed by atoms with Gasteiger partial charge >= 0.3 is 0 Å². The minimum atomic E-state index is -0.538. The van der Waals surface area contributed by atoms with Gasteiger partial charge in [-0.05, 0) is 72.2 Å². The molecule has 1 atom stereocenters. The van der Waals surface area contributed by atoms with E-state index in [4.69, 9.17) is 21.7 Å². The predicted molar refractivity (Wildman–Crippen MR) is 116 cm³/mol. The lowest BCUT2D eigenvalue weighted by molar-refractivity contribution is -0.128. The maximum absolute atomic E-state index is 12.7. The monoisotopic (exact) mass is 466 g/mol. The van der Waals surface area contributed by atoms with E-state index in [1.165, 1.54) is 11.0 Å². The molecule has 0 spiro atoms. The van der Waals surface area contributed by atoms with Gasteiger partial charge in [-0.3, -0.25) is 19.8 Å². The average molecular weight is 467 g/mol. The second-order valence-corrected chi connectivity index (χ2v) is 7.36. The van der Waals surface area contributed by atoms with Crippen LogP contribution in [-0.2, 0) is 9.59 Å². The Labute approximate surface area is 178 Å². The average Bonchev–Trinajstić information content (AvgIpc) is 2.65. The number of nitrogens with one attached hydrogen (secondary N) is 1. The summed E-state index contributed by atoms with van der Waals surface area (Å²) in [5, 5.41) is 2.60. The summed E-state index contributed by atoms with van der Waals surface area (Å²) >= 11 is 8.57. The Bertz CT molecular complexity index is 838. The van der Waals surface area contributed by atoms with E-state index in [2.05, 4.69) is 27.8 Å². The molecule has 0 aliphatic carbocycles. The van der Waals surface area contributed by atoms with Crippen molar-refractivity contribution in [2.45, 2.75) is 33.3 Å². The molecule has 1 heterocycles. The summed E-state index contributed by atoms with van der Waals surface area (Å²) in [4.78, 5) is 26.3. The van der Waals surface area contributed by atoms with Crippen molar-refractivity contribution < 1.29 is 19.1 Å². The molecule has 1 aromatic rings. The number of amides is 2. The van der Waals surface area contributed by atoms with Gasteiger partial charge in [0.2, 0.25) is 0 Å². The van der Waals surface area contributed by atoms with Gasteiger partial charge in [0.25, 0.3) is 11.8 Å². The molecule has 1 saturated heterocycles. The van der Waals surface area contributed by atoms with Crippen LogP contribution in [0.1, 0.15) is 32.8 Å². The topological polar surface area (TPSA) is 67.9 Å². The highest BCUT2D eigenvalue weighted by atomic mass is 79.9. The van der Waals surface area contributed by atoms with Gasteiger partial charge in [0, 0.05) is 6.54 Å². The van der Waals surface area contributed by atoms with E-state index in [1.807, 2.05) is 20.8 Å². The fourth-order valence-electron chi connectivity index (χ4n) is 2.49. The van der Waals surface area contributed by atoms with Crippen molar-refractivity contribution in [2.24, 2.45) is 0 Å². The lowest BCUT2D eigenvalue weighted by Crippen LogP contribution is -2.53. The van der Waals surface area contributed by atoms with Crippen LogP contribution >= 0.6 is 28.1 Å². The second kappa shape index (κ2) is 9.84. The molecular formula is C20H23BrN2O4S. The first-order chi connectivity index (χ1) is 13.3. The van der Waals surface area contributed by atoms with Gasteiger partial charge in [-0.15, -0.1) is 6.58 Å². The van der Waals surface area contributed by atoms with E-state index in [9.17, 15) is 9.59 Å². The van der Waals surface area contributed by atoms with Crippen molar-refractivity contribution in [1.82, 2.24) is 10.2 Å². The summed E-state index contributed by atoms with van der Waals surface area (Å²) in [7, 11) is 0. The highest BCUT2D eigenvalue weighted by Crippen LogP contribution is 2.38. The molecule has 1 aromatic carbocycles. The molecule has 0 aromatic heterocycles. The lowest BCUT2D eigenvalue weighted by Gasteiger charge is -2.27. The Kier molecular flexibility index (Phi) is 7.77. The van der Waals surface area contributed by atoms with E-state index in [0.717, 1.165) is 6.42 Å². The summed E-state index contributed by atoms with van der Waals surface area (Å²) in [6.45, 7) is 10.2. The number of ether oxygens (including phenoxy) is 2. The van der Waals surface area contributed by atoms with Crippen LogP contribution in [0.15, 0.2) is 34.8 Å². The zero-order valence-corrected chi connectivity index (χ0v) is 18.5. The number of hydrogen-bond donors (Lipinski definition) is 1. The van der Waals surface area contributed by atoms with Gasteiger partial charge in [0.15, 0.2) is 16.6 Å². The highest BCUT2D eigenvalue weighted by Gasteiger charge is 2.32. The smallest absolute Gasteiger partial charge is 0.265 e. The van der Waals surface area contributed by atoms with E-state index in [0.29, 0.717) is 28.1 Å². The zero-order valence-electron chi connectivity index (χ0n) is 16.1. The van der Waals surface area contributed by atoms with Crippen molar-refractivity contribution in [3.05, 3.63) is 40.4 Å². The summed E-state index contributed by atoms with van der Waals surface area (Å²) in [5.41, 5.74) is 0.608. The molecule has 1 aliphatic rings. The normalized spacial score (nSPS) is 16.8. The standard InChI is InChI=1S/C20H23BrN2O4S/c1-5-8-23-19(25)14(18(24)22-20(23)28)9-13-10-15(21)17(27-12(4)6-2)16(11-13)26-7-3/h5,9-12H,1,6-8H2,2-4H3,(H,22,24,28)/b14-9+/t12-/m1/s1. The van der Waals surface area contributed by atoms with Gasteiger partial charge in [-0.2, -0.15) is 0 Å². The van der Waals surface area contributed by atoms with Crippen molar-refractivity contribution >= 4 is 51.2 Å². The van der Waals surface area contributed by atoms with Gasteiger partial charge in [0.05, 0.1) is 17.2 Å². The number of nitrogens with zero attached hydrogens (tertiary/aromatic N) is 1. The number of rotatable bonds is 8. The third kappa shape index (κ3) is 4.99. The Balaban J connectivity index is 2.46. The number of halogens is 1. The fraction of sp³-hybridized carbons (Fsp3) is 0.350. The fourth-order valence-corrected chi connectivity index (χ4v) is 3.29. The third-order valence-electron chi connectivity index (χ3n) is 4.03. The molecule has 8 heteroatoms. The molecule has 150 valence electrons. The van der Waals surface area contributed by atoms with Crippen molar-refractivity contribution in [3.8, 4) is 11.5 Å². The molecule has 6 nitrogen and oxygen atoms in total. The summed E-state index contributed by atoms with van der Waals surface area (Å²) < 4.78 is 12.3. The van der Waals surface area contributed by atoms with Crippen LogP contribution in [0, 0.1) is 0 Å². The number of carbonyl (C=O) groups excluding carboxylic acids is 2. The Morgan fingerprint density at radius 2 is 2.07 bits per heavy atom. The van der Waals surface area contributed by atoms with E-state index in [-0.39, 0.29) is 23.3 Å². The molecule has 2 amide bonds. The highest BCUT2D eigenvalue weighted by molar-refractivity contribution is 9.10. The quantitative estimate of drug-likeness (QED) is 0.272. The van der Waals surface area contributed by atoms with Crippen molar-refractivity contribution in [2.75, 3.05) is 13.2 Å². The zero-order chi connectivity index (χ0) is 20.8. The second-order valence-electron chi connectivity index (χ2n) is 6.12. The van der Waals surface area contributed by atoms with E-state index >= 15 is 0 Å². The van der Waals surface area contributed by atoms with Crippen molar-refractivity contribution in [1.29, 1.82) is 0 Å². The number of hydrogen-bond acceptors (Lipinski definition) is 5. The van der Waals surface area contributed by atoms with Crippen LogP contribution in [0.5, 0.6) is 11.5 Å². The van der Waals surface area contributed by atoms with Crippen LogP contribution in [-0.4, -0.2) is 41.1 Å². The van der Waals surface area contributed by atoms with Crippen molar-refractivity contribution in [3.63, 3.8) is 0 Å². The van der Waals surface area contributed by atoms with E-state index in [1.54, 1.807) is 18.2 Å². The molecule has 0 radical (unpaired) electrons. The number of thiocarbonyl (C=S) groups is 1. The number of benzene rings is 1.